The summed E-state index contributed by atoms with van der Waals surface area (Å²) >= 11 is 13.6. The number of para-hydroxylation sites is 1. The summed E-state index contributed by atoms with van der Waals surface area (Å²) in [5, 5.41) is 3.72. The Morgan fingerprint density at radius 3 is 2.41 bits per heavy atom. The third-order valence-corrected chi connectivity index (χ3v) is 6.33. The van der Waals surface area contributed by atoms with Gasteiger partial charge in [0.1, 0.15) is 6.54 Å². The van der Waals surface area contributed by atoms with Crippen LogP contribution in [0.4, 0.5) is 5.69 Å². The lowest BCUT2D eigenvalue weighted by molar-refractivity contribution is -0.119. The lowest BCUT2D eigenvalue weighted by Gasteiger charge is -2.22. The molecule has 146 valence electrons. The van der Waals surface area contributed by atoms with Crippen molar-refractivity contribution in [3.8, 4) is 0 Å². The van der Waals surface area contributed by atoms with E-state index in [2.05, 4.69) is 5.32 Å². The van der Waals surface area contributed by atoms with Gasteiger partial charge in [-0.1, -0.05) is 35.3 Å². The van der Waals surface area contributed by atoms with Crippen LogP contribution in [0.25, 0.3) is 0 Å². The van der Waals surface area contributed by atoms with Crippen LogP contribution in [0.2, 0.25) is 10.0 Å². The summed E-state index contributed by atoms with van der Waals surface area (Å²) in [5.41, 5.74) is 0.287. The van der Waals surface area contributed by atoms with Crippen LogP contribution in [0.15, 0.2) is 53.4 Å². The monoisotopic (exact) mass is 446 g/mol. The molecule has 0 radical (unpaired) electrons. The number of nitrogens with zero attached hydrogens (tertiary/aromatic N) is 1. The lowest BCUT2D eigenvalue weighted by atomic mass is 10.3. The zero-order chi connectivity index (χ0) is 19.9. The number of halogens is 2. The number of anilines is 1. The molecule has 0 bridgehead atoms. The van der Waals surface area contributed by atoms with Crippen molar-refractivity contribution in [3.05, 3.63) is 58.6 Å². The topological polar surface area (TPSA) is 66.5 Å². The van der Waals surface area contributed by atoms with Gasteiger partial charge in [0.05, 0.1) is 17.0 Å². The highest BCUT2D eigenvalue weighted by molar-refractivity contribution is 7.99. The van der Waals surface area contributed by atoms with Gasteiger partial charge in [-0.15, -0.1) is 11.8 Å². The first-order valence-corrected chi connectivity index (χ1v) is 11.7. The normalized spacial score (nSPS) is 11.2. The van der Waals surface area contributed by atoms with Crippen molar-refractivity contribution < 1.29 is 13.2 Å². The van der Waals surface area contributed by atoms with Crippen LogP contribution >= 0.6 is 35.0 Å². The first-order chi connectivity index (χ1) is 12.8. The van der Waals surface area contributed by atoms with Crippen molar-refractivity contribution in [1.29, 1.82) is 0 Å². The van der Waals surface area contributed by atoms with Crippen LogP contribution in [-0.4, -0.2) is 39.4 Å². The van der Waals surface area contributed by atoms with Gasteiger partial charge in [-0.25, -0.2) is 8.42 Å². The third kappa shape index (κ3) is 7.25. The number of amides is 1. The number of benzene rings is 2. The smallest absolute Gasteiger partial charge is 0.240 e. The van der Waals surface area contributed by atoms with Crippen LogP contribution in [0.5, 0.6) is 0 Å². The van der Waals surface area contributed by atoms with E-state index in [4.69, 9.17) is 23.2 Å². The van der Waals surface area contributed by atoms with Gasteiger partial charge in [0.15, 0.2) is 0 Å². The van der Waals surface area contributed by atoms with E-state index in [0.29, 0.717) is 11.6 Å². The Morgan fingerprint density at radius 2 is 1.78 bits per heavy atom. The molecule has 1 amide bonds. The highest BCUT2D eigenvalue weighted by atomic mass is 35.5. The molecule has 0 unspecified atom stereocenters. The molecular weight excluding hydrogens is 427 g/mol. The van der Waals surface area contributed by atoms with Crippen LogP contribution < -0.4 is 9.62 Å². The molecule has 2 rings (SSSR count). The first kappa shape index (κ1) is 21.9. The Balaban J connectivity index is 1.82. The number of sulfonamides is 1. The largest absolute Gasteiger partial charge is 0.354 e. The highest BCUT2D eigenvalue weighted by Gasteiger charge is 2.22. The Morgan fingerprint density at radius 1 is 1.11 bits per heavy atom. The van der Waals surface area contributed by atoms with Gasteiger partial charge in [-0.2, -0.15) is 0 Å². The Kier molecular flexibility index (Phi) is 8.28. The van der Waals surface area contributed by atoms with E-state index in [-0.39, 0.29) is 23.2 Å². The molecule has 0 atom stereocenters. The van der Waals surface area contributed by atoms with E-state index in [1.807, 2.05) is 24.3 Å². The third-order valence-electron chi connectivity index (χ3n) is 3.53. The van der Waals surface area contributed by atoms with Crippen molar-refractivity contribution in [3.63, 3.8) is 0 Å². The average molecular weight is 447 g/mol. The molecule has 2 aromatic rings. The number of hydrogen-bond acceptors (Lipinski definition) is 4. The fourth-order valence-corrected chi connectivity index (χ4v) is 4.38. The maximum atomic E-state index is 12.2. The van der Waals surface area contributed by atoms with Crippen molar-refractivity contribution in [2.24, 2.45) is 0 Å². The molecule has 1 N–H and O–H groups in total. The second-order valence-corrected chi connectivity index (χ2v) is 9.65. The second kappa shape index (κ2) is 10.2. The molecule has 0 heterocycles. The first-order valence-electron chi connectivity index (χ1n) is 8.14. The summed E-state index contributed by atoms with van der Waals surface area (Å²) in [6.45, 7) is 0.145. The van der Waals surface area contributed by atoms with Crippen molar-refractivity contribution in [1.82, 2.24) is 5.32 Å². The second-order valence-electron chi connectivity index (χ2n) is 5.73. The van der Waals surface area contributed by atoms with E-state index in [0.717, 1.165) is 27.6 Å². The molecule has 0 aliphatic heterocycles. The SMILES string of the molecule is CS(=O)(=O)N(CC(=O)NCCCSc1ccc(Cl)cc1)c1ccccc1Cl. The highest BCUT2D eigenvalue weighted by Crippen LogP contribution is 2.26. The summed E-state index contributed by atoms with van der Waals surface area (Å²) in [6.07, 6.45) is 1.80. The van der Waals surface area contributed by atoms with Crippen LogP contribution in [0.3, 0.4) is 0 Å². The number of thioether (sulfide) groups is 1. The molecule has 0 aliphatic rings. The van der Waals surface area contributed by atoms with Gasteiger partial charge >= 0.3 is 0 Å². The maximum Gasteiger partial charge on any atom is 0.240 e. The van der Waals surface area contributed by atoms with Gasteiger partial charge in [0, 0.05) is 16.5 Å². The summed E-state index contributed by atoms with van der Waals surface area (Å²) in [7, 11) is -3.64. The molecule has 0 fully saturated rings. The molecule has 5 nitrogen and oxygen atoms in total. The quantitative estimate of drug-likeness (QED) is 0.465. The number of carbonyl (C=O) groups is 1. The molecule has 0 saturated carbocycles. The van der Waals surface area contributed by atoms with Crippen LogP contribution in [0, 0.1) is 0 Å². The van der Waals surface area contributed by atoms with Crippen LogP contribution in [-0.2, 0) is 14.8 Å². The molecule has 0 spiro atoms. The van der Waals surface area contributed by atoms with E-state index >= 15 is 0 Å². The van der Waals surface area contributed by atoms with Gasteiger partial charge < -0.3 is 5.32 Å². The average Bonchev–Trinajstić information content (AvgIpc) is 2.61. The minimum Gasteiger partial charge on any atom is -0.354 e. The van der Waals surface area contributed by atoms with E-state index in [9.17, 15) is 13.2 Å². The Labute approximate surface area is 174 Å². The summed E-state index contributed by atoms with van der Waals surface area (Å²) in [5.74, 6) is 0.444. The zero-order valence-electron chi connectivity index (χ0n) is 14.7. The molecule has 0 aliphatic carbocycles. The molecule has 9 heteroatoms. The fraction of sp³-hybridized carbons (Fsp3) is 0.278. The molecule has 27 heavy (non-hydrogen) atoms. The van der Waals surface area contributed by atoms with Gasteiger partial charge in [0.25, 0.3) is 0 Å². The Hall–Kier alpha value is -1.41. The van der Waals surface area contributed by atoms with Crippen LogP contribution in [0.1, 0.15) is 6.42 Å². The number of rotatable bonds is 9. The summed E-state index contributed by atoms with van der Waals surface area (Å²) in [6, 6.07) is 14.1. The van der Waals surface area contributed by atoms with Gasteiger partial charge in [-0.05, 0) is 48.6 Å². The fourth-order valence-electron chi connectivity index (χ4n) is 2.24. The predicted molar refractivity (Wildman–Crippen MR) is 113 cm³/mol. The van der Waals surface area contributed by atoms with Crippen molar-refractivity contribution in [2.45, 2.75) is 11.3 Å². The van der Waals surface area contributed by atoms with Gasteiger partial charge in [-0.3, -0.25) is 9.10 Å². The van der Waals surface area contributed by atoms with E-state index in [1.165, 1.54) is 0 Å². The molecule has 0 saturated heterocycles. The standard InChI is InChI=1S/C18H20Cl2N2O3S2/c1-27(24,25)22(17-6-3-2-5-16(17)20)13-18(23)21-11-4-12-26-15-9-7-14(19)8-10-15/h2-3,5-10H,4,11-13H2,1H3,(H,21,23). The number of carbonyl (C=O) groups excluding carboxylic acids is 1. The molecule has 0 aromatic heterocycles. The number of nitrogens with one attached hydrogen (secondary N) is 1. The lowest BCUT2D eigenvalue weighted by Crippen LogP contribution is -2.40. The van der Waals surface area contributed by atoms with Crippen molar-refractivity contribution >= 4 is 56.6 Å². The van der Waals surface area contributed by atoms with E-state index in [1.54, 1.807) is 36.0 Å². The zero-order valence-corrected chi connectivity index (χ0v) is 17.8. The minimum absolute atomic E-state index is 0.273. The predicted octanol–water partition coefficient (Wildman–Crippen LogP) is 4.06. The molecule has 2 aromatic carbocycles. The summed E-state index contributed by atoms with van der Waals surface area (Å²) < 4.78 is 25.1. The van der Waals surface area contributed by atoms with Gasteiger partial charge in [0.2, 0.25) is 15.9 Å². The summed E-state index contributed by atoms with van der Waals surface area (Å²) in [4.78, 5) is 13.3. The molecular formula is C18H20Cl2N2O3S2. The minimum atomic E-state index is -3.64. The van der Waals surface area contributed by atoms with E-state index < -0.39 is 10.0 Å². The Bertz CT molecular complexity index is 874. The maximum absolute atomic E-state index is 12.2. The number of hydrogen-bond donors (Lipinski definition) is 1. The van der Waals surface area contributed by atoms with Crippen molar-refractivity contribution in [2.75, 3.05) is 29.4 Å².